The molecule has 5 heteroatoms. The van der Waals surface area contributed by atoms with Crippen LogP contribution in [0, 0.1) is 5.92 Å². The van der Waals surface area contributed by atoms with Crippen molar-refractivity contribution < 1.29 is 17.6 Å². The summed E-state index contributed by atoms with van der Waals surface area (Å²) in [5.41, 5.74) is 4.96. The highest BCUT2D eigenvalue weighted by atomic mass is 19.3. The van der Waals surface area contributed by atoms with Gasteiger partial charge in [0, 0.05) is 12.8 Å². The van der Waals surface area contributed by atoms with E-state index in [9.17, 15) is 17.6 Å². The summed E-state index contributed by atoms with van der Waals surface area (Å²) in [4.78, 5) is 0. The second-order valence-corrected chi connectivity index (χ2v) is 2.94. The van der Waals surface area contributed by atoms with Gasteiger partial charge >= 0.3 is 0 Å². The average molecular weight is 171 g/mol. The fraction of sp³-hybridized carbons (Fsp3) is 1.00. The molecule has 0 aromatic carbocycles. The summed E-state index contributed by atoms with van der Waals surface area (Å²) in [5, 5.41) is 0. The van der Waals surface area contributed by atoms with E-state index >= 15 is 0 Å². The van der Waals surface area contributed by atoms with Crippen LogP contribution in [-0.4, -0.2) is 18.4 Å². The maximum absolute atomic E-state index is 12.1. The molecule has 1 rings (SSSR count). The molecule has 1 aliphatic carbocycles. The molecule has 0 aromatic rings. The van der Waals surface area contributed by atoms with Gasteiger partial charge in [-0.2, -0.15) is 0 Å². The van der Waals surface area contributed by atoms with Crippen molar-refractivity contribution in [3.63, 3.8) is 0 Å². The minimum atomic E-state index is -2.75. The van der Waals surface area contributed by atoms with Gasteiger partial charge in [0.2, 0.25) is 5.92 Å². The highest BCUT2D eigenvalue weighted by Crippen LogP contribution is 2.44. The van der Waals surface area contributed by atoms with Crippen LogP contribution in [0.2, 0.25) is 0 Å². The van der Waals surface area contributed by atoms with Gasteiger partial charge in [-0.1, -0.05) is 0 Å². The lowest BCUT2D eigenvalue weighted by atomic mass is 9.77. The van der Waals surface area contributed by atoms with Gasteiger partial charge in [-0.25, -0.2) is 17.6 Å². The van der Waals surface area contributed by atoms with Crippen LogP contribution in [0.3, 0.4) is 0 Å². The second-order valence-electron chi connectivity index (χ2n) is 2.94. The lowest BCUT2D eigenvalue weighted by Gasteiger charge is -2.38. The van der Waals surface area contributed by atoms with E-state index in [-0.39, 0.29) is 0 Å². The number of halogens is 4. The topological polar surface area (TPSA) is 26.0 Å². The third-order valence-corrected chi connectivity index (χ3v) is 1.96. The van der Waals surface area contributed by atoms with Gasteiger partial charge in [-0.3, -0.25) is 0 Å². The van der Waals surface area contributed by atoms with Gasteiger partial charge in [0.1, 0.15) is 0 Å². The quantitative estimate of drug-likeness (QED) is 0.628. The lowest BCUT2D eigenvalue weighted by Crippen LogP contribution is -2.48. The Labute approximate surface area is 61.6 Å². The van der Waals surface area contributed by atoms with Crippen LogP contribution in [0.25, 0.3) is 0 Å². The minimum absolute atomic E-state index is 0.488. The molecule has 0 radical (unpaired) electrons. The largest absolute Gasteiger partial charge is 0.323 e. The summed E-state index contributed by atoms with van der Waals surface area (Å²) in [5.74, 6) is -3.46. The van der Waals surface area contributed by atoms with Crippen molar-refractivity contribution in [2.24, 2.45) is 11.7 Å². The number of alkyl halides is 4. The Morgan fingerprint density at radius 2 is 1.73 bits per heavy atom. The van der Waals surface area contributed by atoms with E-state index in [2.05, 4.69) is 0 Å². The van der Waals surface area contributed by atoms with Crippen LogP contribution in [-0.2, 0) is 0 Å². The molecule has 11 heavy (non-hydrogen) atoms. The van der Waals surface area contributed by atoms with Gasteiger partial charge in [0.15, 0.2) is 0 Å². The summed E-state index contributed by atoms with van der Waals surface area (Å²) >= 11 is 0. The molecule has 0 aromatic heterocycles. The molecule has 1 aliphatic rings. The monoisotopic (exact) mass is 171 g/mol. The third kappa shape index (κ3) is 1.83. The van der Waals surface area contributed by atoms with Crippen molar-refractivity contribution in [2.45, 2.75) is 31.2 Å². The first kappa shape index (κ1) is 8.77. The maximum atomic E-state index is 12.1. The first-order valence-electron chi connectivity index (χ1n) is 3.34. The van der Waals surface area contributed by atoms with Crippen LogP contribution < -0.4 is 5.73 Å². The van der Waals surface area contributed by atoms with Crippen molar-refractivity contribution in [1.82, 2.24) is 0 Å². The standard InChI is InChI=1S/C6H9F4N/c7-5(8)4(11)3-1-6(9,10)2-3/h3-5H,1-2,11H2/t4-/m1/s1. The zero-order valence-electron chi connectivity index (χ0n) is 5.74. The van der Waals surface area contributed by atoms with E-state index in [1.807, 2.05) is 0 Å². The van der Waals surface area contributed by atoms with E-state index in [0.717, 1.165) is 0 Å². The summed E-state index contributed by atoms with van der Waals surface area (Å²) in [7, 11) is 0. The van der Waals surface area contributed by atoms with E-state index in [1.54, 1.807) is 0 Å². The Hall–Kier alpha value is -0.320. The van der Waals surface area contributed by atoms with Crippen molar-refractivity contribution in [1.29, 1.82) is 0 Å². The molecule has 1 atom stereocenters. The lowest BCUT2D eigenvalue weighted by molar-refractivity contribution is -0.127. The van der Waals surface area contributed by atoms with Gasteiger partial charge in [0.25, 0.3) is 6.43 Å². The zero-order chi connectivity index (χ0) is 8.65. The number of rotatable bonds is 2. The predicted octanol–water partition coefficient (Wildman–Crippen LogP) is 1.62. The first-order chi connectivity index (χ1) is 4.92. The Bertz CT molecular complexity index is 140. The van der Waals surface area contributed by atoms with Crippen molar-refractivity contribution in [2.75, 3.05) is 0 Å². The molecule has 0 unspecified atom stereocenters. The van der Waals surface area contributed by atoms with Crippen LogP contribution in [0.5, 0.6) is 0 Å². The van der Waals surface area contributed by atoms with Gasteiger partial charge in [0.05, 0.1) is 6.04 Å². The smallest absolute Gasteiger partial charge is 0.253 e. The predicted molar refractivity (Wildman–Crippen MR) is 31.7 cm³/mol. The molecular formula is C6H9F4N. The zero-order valence-corrected chi connectivity index (χ0v) is 5.74. The fourth-order valence-corrected chi connectivity index (χ4v) is 1.19. The Morgan fingerprint density at radius 3 is 2.00 bits per heavy atom. The van der Waals surface area contributed by atoms with E-state index in [4.69, 9.17) is 5.73 Å². The molecular weight excluding hydrogens is 162 g/mol. The van der Waals surface area contributed by atoms with Crippen LogP contribution in [0.4, 0.5) is 17.6 Å². The third-order valence-electron chi connectivity index (χ3n) is 1.96. The van der Waals surface area contributed by atoms with Crippen molar-refractivity contribution in [3.8, 4) is 0 Å². The second kappa shape index (κ2) is 2.62. The van der Waals surface area contributed by atoms with E-state index in [0.29, 0.717) is 0 Å². The van der Waals surface area contributed by atoms with Crippen molar-refractivity contribution in [3.05, 3.63) is 0 Å². The van der Waals surface area contributed by atoms with Crippen LogP contribution in [0.15, 0.2) is 0 Å². The molecule has 1 saturated carbocycles. The molecule has 0 spiro atoms. The maximum Gasteiger partial charge on any atom is 0.253 e. The molecule has 0 heterocycles. The SMILES string of the molecule is N[C@@H](C(F)F)C1CC(F)(F)C1. The van der Waals surface area contributed by atoms with Crippen molar-refractivity contribution >= 4 is 0 Å². The average Bonchev–Trinajstić information content (AvgIpc) is 1.80. The normalized spacial score (nSPS) is 26.7. The summed E-state index contributed by atoms with van der Waals surface area (Å²) < 4.78 is 47.8. The molecule has 0 amide bonds. The summed E-state index contributed by atoms with van der Waals surface area (Å²) in [6.45, 7) is 0. The molecule has 66 valence electrons. The summed E-state index contributed by atoms with van der Waals surface area (Å²) in [6.07, 6.45) is -3.66. The Balaban J connectivity index is 2.32. The number of hydrogen-bond donors (Lipinski definition) is 1. The minimum Gasteiger partial charge on any atom is -0.323 e. The molecule has 0 saturated heterocycles. The summed E-state index contributed by atoms with van der Waals surface area (Å²) in [6, 6.07) is -1.38. The van der Waals surface area contributed by atoms with Gasteiger partial charge < -0.3 is 5.73 Å². The van der Waals surface area contributed by atoms with E-state index < -0.39 is 37.1 Å². The fourth-order valence-electron chi connectivity index (χ4n) is 1.19. The Morgan fingerprint density at radius 1 is 1.27 bits per heavy atom. The first-order valence-corrected chi connectivity index (χ1v) is 3.34. The van der Waals surface area contributed by atoms with Crippen LogP contribution in [0.1, 0.15) is 12.8 Å². The highest BCUT2D eigenvalue weighted by molar-refractivity contribution is 4.92. The molecule has 1 nitrogen and oxygen atoms in total. The highest BCUT2D eigenvalue weighted by Gasteiger charge is 2.49. The number of hydrogen-bond acceptors (Lipinski definition) is 1. The molecule has 0 aliphatic heterocycles. The van der Waals surface area contributed by atoms with Gasteiger partial charge in [-0.15, -0.1) is 0 Å². The number of nitrogens with two attached hydrogens (primary N) is 1. The van der Waals surface area contributed by atoms with Crippen LogP contribution >= 0.6 is 0 Å². The van der Waals surface area contributed by atoms with Gasteiger partial charge in [-0.05, 0) is 5.92 Å². The molecule has 1 fully saturated rings. The molecule has 2 N–H and O–H groups in total. The Kier molecular flexibility index (Phi) is 2.09. The van der Waals surface area contributed by atoms with E-state index in [1.165, 1.54) is 0 Å². The molecule has 0 bridgehead atoms.